The Kier molecular flexibility index (Phi) is 4.16. The zero-order chi connectivity index (χ0) is 20.3. The van der Waals surface area contributed by atoms with Crippen molar-refractivity contribution in [3.05, 3.63) is 45.3 Å². The van der Waals surface area contributed by atoms with Gasteiger partial charge in [-0.2, -0.15) is 4.98 Å². The molecule has 1 saturated heterocycles. The first-order chi connectivity index (χ1) is 13.9. The number of thiazole rings is 1. The summed E-state index contributed by atoms with van der Waals surface area (Å²) in [5.41, 5.74) is 5.49. The third kappa shape index (κ3) is 2.91. The van der Waals surface area contributed by atoms with E-state index in [2.05, 4.69) is 25.6 Å². The maximum Gasteiger partial charge on any atom is 0.347 e. The van der Waals surface area contributed by atoms with Crippen molar-refractivity contribution >= 4 is 55.0 Å². The standard InChI is InChI=1S/C18H13ClF2N6OS/c19-9-3-8-13(26-18(28)27-16(8)24-6-4-23-5-6)12(21)11(9)7-1-2-10(20)15-14(7)25-17(22)29-15/h1-3,6,23H,4-5H2,(H2,22,25)(H2,24,26,27,28). The molecule has 0 saturated carbocycles. The van der Waals surface area contributed by atoms with Gasteiger partial charge in [0, 0.05) is 29.6 Å². The van der Waals surface area contributed by atoms with E-state index in [0.29, 0.717) is 18.5 Å². The molecule has 29 heavy (non-hydrogen) atoms. The topological polar surface area (TPSA) is 109 Å². The van der Waals surface area contributed by atoms with Crippen molar-refractivity contribution in [1.82, 2.24) is 20.3 Å². The molecule has 0 radical (unpaired) electrons. The summed E-state index contributed by atoms with van der Waals surface area (Å²) in [4.78, 5) is 22.5. The van der Waals surface area contributed by atoms with Gasteiger partial charge < -0.3 is 21.4 Å². The van der Waals surface area contributed by atoms with Gasteiger partial charge in [-0.25, -0.2) is 18.6 Å². The fraction of sp³-hybridized carbons (Fsp3) is 0.167. The van der Waals surface area contributed by atoms with E-state index in [1.807, 2.05) is 0 Å². The zero-order valence-electron chi connectivity index (χ0n) is 14.6. The first-order valence-electron chi connectivity index (χ1n) is 8.66. The predicted octanol–water partition coefficient (Wildman–Crippen LogP) is 3.10. The van der Waals surface area contributed by atoms with Gasteiger partial charge in [-0.1, -0.05) is 22.9 Å². The molecule has 0 aliphatic carbocycles. The van der Waals surface area contributed by atoms with E-state index in [1.54, 1.807) is 0 Å². The summed E-state index contributed by atoms with van der Waals surface area (Å²) >= 11 is 7.40. The number of halogens is 3. The SMILES string of the molecule is Nc1nc2c(-c3c(Cl)cc4c(NC5CNC5)nc(=O)[nH]c4c3F)ccc(F)c2s1. The van der Waals surface area contributed by atoms with Gasteiger partial charge in [0.05, 0.1) is 26.8 Å². The lowest BCUT2D eigenvalue weighted by Gasteiger charge is -2.28. The molecule has 0 amide bonds. The Balaban J connectivity index is 1.78. The highest BCUT2D eigenvalue weighted by molar-refractivity contribution is 7.22. The van der Waals surface area contributed by atoms with Crippen LogP contribution in [0.3, 0.4) is 0 Å². The average molecular weight is 435 g/mol. The minimum absolute atomic E-state index is 0.00702. The third-order valence-electron chi connectivity index (χ3n) is 4.82. The number of aromatic nitrogens is 3. The van der Waals surface area contributed by atoms with Crippen molar-refractivity contribution in [3.63, 3.8) is 0 Å². The summed E-state index contributed by atoms with van der Waals surface area (Å²) in [5.74, 6) is -1.00. The smallest absolute Gasteiger partial charge is 0.347 e. The van der Waals surface area contributed by atoms with E-state index >= 15 is 4.39 Å². The molecule has 7 nitrogen and oxygen atoms in total. The molecule has 11 heteroatoms. The molecule has 5 N–H and O–H groups in total. The normalized spacial score (nSPS) is 14.4. The molecule has 5 rings (SSSR count). The van der Waals surface area contributed by atoms with Crippen molar-refractivity contribution in [1.29, 1.82) is 0 Å². The second kappa shape index (κ2) is 6.61. The van der Waals surface area contributed by atoms with Gasteiger partial charge in [-0.3, -0.25) is 0 Å². The maximum atomic E-state index is 15.6. The number of hydrogen-bond acceptors (Lipinski definition) is 7. The summed E-state index contributed by atoms with van der Waals surface area (Å²) in [6.07, 6.45) is 0. The zero-order valence-corrected chi connectivity index (χ0v) is 16.2. The minimum atomic E-state index is -0.749. The average Bonchev–Trinajstić information content (AvgIpc) is 3.03. The quantitative estimate of drug-likeness (QED) is 0.394. The minimum Gasteiger partial charge on any atom is -0.375 e. The van der Waals surface area contributed by atoms with E-state index in [1.165, 1.54) is 18.2 Å². The van der Waals surface area contributed by atoms with Gasteiger partial charge in [0.2, 0.25) is 0 Å². The number of hydrogen-bond donors (Lipinski definition) is 4. The van der Waals surface area contributed by atoms with Crippen LogP contribution in [0, 0.1) is 11.6 Å². The lowest BCUT2D eigenvalue weighted by atomic mass is 10.0. The highest BCUT2D eigenvalue weighted by Crippen LogP contribution is 2.41. The van der Waals surface area contributed by atoms with Crippen LogP contribution >= 0.6 is 22.9 Å². The lowest BCUT2D eigenvalue weighted by Crippen LogP contribution is -2.51. The second-order valence-electron chi connectivity index (χ2n) is 6.68. The Bertz CT molecular complexity index is 1350. The third-order valence-corrected chi connectivity index (χ3v) is 6.01. The summed E-state index contributed by atoms with van der Waals surface area (Å²) in [6.45, 7) is 1.42. The van der Waals surface area contributed by atoms with Gasteiger partial charge >= 0.3 is 5.69 Å². The summed E-state index contributed by atoms with van der Waals surface area (Å²) in [6, 6.07) is 4.22. The van der Waals surface area contributed by atoms with Gasteiger partial charge in [0.15, 0.2) is 10.9 Å². The number of nitrogens with one attached hydrogen (secondary N) is 3. The van der Waals surface area contributed by atoms with Gasteiger partial charge in [0.25, 0.3) is 0 Å². The number of benzene rings is 2. The van der Waals surface area contributed by atoms with Crippen LogP contribution < -0.4 is 22.1 Å². The van der Waals surface area contributed by atoms with E-state index in [0.717, 1.165) is 11.3 Å². The monoisotopic (exact) mass is 434 g/mol. The molecule has 3 heterocycles. The number of nitrogens with two attached hydrogens (primary N) is 1. The molecule has 1 aliphatic heterocycles. The number of nitrogens with zero attached hydrogens (tertiary/aromatic N) is 2. The molecule has 0 spiro atoms. The van der Waals surface area contributed by atoms with Gasteiger partial charge in [0.1, 0.15) is 11.6 Å². The van der Waals surface area contributed by atoms with Crippen LogP contribution in [0.2, 0.25) is 5.02 Å². The number of fused-ring (bicyclic) bond motifs is 2. The fourth-order valence-electron chi connectivity index (χ4n) is 3.36. The van der Waals surface area contributed by atoms with Crippen molar-refractivity contribution in [2.24, 2.45) is 0 Å². The number of aromatic amines is 1. The molecule has 2 aromatic heterocycles. The molecule has 1 aliphatic rings. The van der Waals surface area contributed by atoms with Crippen molar-refractivity contribution < 1.29 is 8.78 Å². The second-order valence-corrected chi connectivity index (χ2v) is 8.12. The van der Waals surface area contributed by atoms with E-state index in [-0.39, 0.29) is 48.9 Å². The highest BCUT2D eigenvalue weighted by atomic mass is 35.5. The summed E-state index contributed by atoms with van der Waals surface area (Å²) in [7, 11) is 0. The number of anilines is 2. The molecule has 1 fully saturated rings. The van der Waals surface area contributed by atoms with Crippen LogP contribution in [-0.4, -0.2) is 34.1 Å². The van der Waals surface area contributed by atoms with Crippen LogP contribution in [0.5, 0.6) is 0 Å². The molecular formula is C18H13ClF2N6OS. The first kappa shape index (κ1) is 18.2. The maximum absolute atomic E-state index is 15.6. The lowest BCUT2D eigenvalue weighted by molar-refractivity contribution is 0.471. The fourth-order valence-corrected chi connectivity index (χ4v) is 4.42. The van der Waals surface area contributed by atoms with E-state index < -0.39 is 17.3 Å². The molecule has 148 valence electrons. The van der Waals surface area contributed by atoms with Crippen molar-refractivity contribution in [2.45, 2.75) is 6.04 Å². The molecule has 2 aromatic carbocycles. The number of H-pyrrole nitrogens is 1. The van der Waals surface area contributed by atoms with E-state index in [4.69, 9.17) is 17.3 Å². The van der Waals surface area contributed by atoms with Crippen LogP contribution in [-0.2, 0) is 0 Å². The van der Waals surface area contributed by atoms with Gasteiger partial charge in [-0.05, 0) is 18.2 Å². The first-order valence-corrected chi connectivity index (χ1v) is 9.86. The Labute approximate surface area is 170 Å². The predicted molar refractivity (Wildman–Crippen MR) is 111 cm³/mol. The van der Waals surface area contributed by atoms with Gasteiger partial charge in [-0.15, -0.1) is 0 Å². The van der Waals surface area contributed by atoms with E-state index in [9.17, 15) is 9.18 Å². The Hall–Kier alpha value is -2.82. The highest BCUT2D eigenvalue weighted by Gasteiger charge is 2.24. The molecule has 0 unspecified atom stereocenters. The Morgan fingerprint density at radius 2 is 2.07 bits per heavy atom. The van der Waals surface area contributed by atoms with Crippen LogP contribution in [0.4, 0.5) is 19.7 Å². The molecule has 0 bridgehead atoms. The molecule has 4 aromatic rings. The van der Waals surface area contributed by atoms with Crippen LogP contribution in [0.25, 0.3) is 32.2 Å². The number of nitrogen functional groups attached to an aromatic ring is 1. The molecular weight excluding hydrogens is 422 g/mol. The number of rotatable bonds is 3. The Morgan fingerprint density at radius 3 is 2.79 bits per heavy atom. The summed E-state index contributed by atoms with van der Waals surface area (Å²) < 4.78 is 29.9. The largest absolute Gasteiger partial charge is 0.375 e. The molecule has 0 atom stereocenters. The van der Waals surface area contributed by atoms with Crippen molar-refractivity contribution in [2.75, 3.05) is 24.1 Å². The van der Waals surface area contributed by atoms with Crippen molar-refractivity contribution in [3.8, 4) is 11.1 Å². The van der Waals surface area contributed by atoms with Crippen LogP contribution in [0.15, 0.2) is 23.0 Å². The summed E-state index contributed by atoms with van der Waals surface area (Å²) in [5, 5.41) is 6.80. The van der Waals surface area contributed by atoms with Crippen LogP contribution in [0.1, 0.15) is 0 Å². The Morgan fingerprint density at radius 1 is 1.28 bits per heavy atom.